The Balaban J connectivity index is 1.87. The Morgan fingerprint density at radius 2 is 1.48 bits per heavy atom. The van der Waals surface area contributed by atoms with Gasteiger partial charge in [0.05, 0.1) is 40.7 Å². The van der Waals surface area contributed by atoms with E-state index in [0.29, 0.717) is 27.5 Å². The third-order valence-corrected chi connectivity index (χ3v) is 8.73. The highest BCUT2D eigenvalue weighted by molar-refractivity contribution is 6.42. The average Bonchev–Trinajstić information content (AvgIpc) is 3.45. The first-order valence-electron chi connectivity index (χ1n) is 13.7. The van der Waals surface area contributed by atoms with Crippen LogP contribution < -0.4 is 10.3 Å². The third-order valence-electron chi connectivity index (χ3n) is 7.99. The summed E-state index contributed by atoms with van der Waals surface area (Å²) in [6.45, 7) is 6.99. The summed E-state index contributed by atoms with van der Waals surface area (Å²) < 4.78 is 11.1. The van der Waals surface area contributed by atoms with Crippen LogP contribution in [0.15, 0.2) is 77.9 Å². The Kier molecular flexibility index (Phi) is 8.16. The summed E-state index contributed by atoms with van der Waals surface area (Å²) in [7, 11) is 0. The van der Waals surface area contributed by atoms with Crippen molar-refractivity contribution in [2.45, 2.75) is 45.2 Å². The number of benzene rings is 3. The Hall–Kier alpha value is -3.72. The number of nitrogens with zero attached hydrogens (tertiary/aromatic N) is 2. The lowest BCUT2D eigenvalue weighted by atomic mass is 9.61. The highest BCUT2D eigenvalue weighted by atomic mass is 35.5. The summed E-state index contributed by atoms with van der Waals surface area (Å²) in [6, 6.07) is 20.4. The number of ether oxygens (including phenoxy) is 2. The van der Waals surface area contributed by atoms with E-state index in [1.54, 1.807) is 63.2 Å². The lowest BCUT2D eigenvalue weighted by Crippen LogP contribution is -2.60. The van der Waals surface area contributed by atoms with Crippen LogP contribution in [0.2, 0.25) is 10.0 Å². The number of amides is 1. The summed E-state index contributed by atoms with van der Waals surface area (Å²) in [5.74, 6) is -3.24. The van der Waals surface area contributed by atoms with Gasteiger partial charge < -0.3 is 9.47 Å². The molecule has 2 aliphatic rings. The van der Waals surface area contributed by atoms with Crippen LogP contribution in [0.25, 0.3) is 0 Å². The normalized spacial score (nSPS) is 22.8. The topological polar surface area (TPSA) is 97.3 Å². The van der Waals surface area contributed by atoms with Crippen LogP contribution in [0.5, 0.6) is 0 Å². The standard InChI is InChI=1S/C32H31Cl2N3O5/c1-5-41-29(39)32(30(40)42-6-2)26(21-14-12-19(3)13-15-21)31(27(35-32)22-16-17-24(33)25(34)18-22)20(4)36-37(28(31)38)23-10-8-7-9-11-23/h7-18,26-27,35H,5-6H2,1-4H3/t26-,27+,31+/m0/s1. The lowest BCUT2D eigenvalue weighted by Gasteiger charge is -2.38. The van der Waals surface area contributed by atoms with Gasteiger partial charge in [-0.2, -0.15) is 10.1 Å². The van der Waals surface area contributed by atoms with Gasteiger partial charge in [0.1, 0.15) is 5.41 Å². The van der Waals surface area contributed by atoms with Crippen molar-refractivity contribution in [3.63, 3.8) is 0 Å². The second kappa shape index (κ2) is 11.5. The quantitative estimate of drug-likeness (QED) is 0.261. The fourth-order valence-corrected chi connectivity index (χ4v) is 6.49. The van der Waals surface area contributed by atoms with Crippen molar-refractivity contribution >= 4 is 52.4 Å². The molecule has 2 heterocycles. The maximum Gasteiger partial charge on any atom is 0.338 e. The number of carbonyl (C=O) groups excluding carboxylic acids is 3. The number of halogens is 2. The maximum absolute atomic E-state index is 15.0. The lowest BCUT2D eigenvalue weighted by molar-refractivity contribution is -0.166. The molecule has 1 N–H and O–H groups in total. The molecule has 1 fully saturated rings. The Labute approximate surface area is 254 Å². The molecule has 10 heteroatoms. The summed E-state index contributed by atoms with van der Waals surface area (Å²) in [5, 5.41) is 9.94. The van der Waals surface area contributed by atoms with Gasteiger partial charge in [-0.05, 0) is 63.1 Å². The highest BCUT2D eigenvalue weighted by Crippen LogP contribution is 2.61. The molecule has 5 rings (SSSR count). The zero-order valence-electron chi connectivity index (χ0n) is 23.7. The van der Waals surface area contributed by atoms with Crippen LogP contribution >= 0.6 is 23.2 Å². The van der Waals surface area contributed by atoms with E-state index in [4.69, 9.17) is 37.8 Å². The molecule has 42 heavy (non-hydrogen) atoms. The van der Waals surface area contributed by atoms with Gasteiger partial charge in [0, 0.05) is 5.92 Å². The molecule has 3 aromatic rings. The van der Waals surface area contributed by atoms with Crippen molar-refractivity contribution in [1.82, 2.24) is 5.32 Å². The fraction of sp³-hybridized carbons (Fsp3) is 0.312. The van der Waals surface area contributed by atoms with Crippen LogP contribution in [-0.2, 0) is 23.9 Å². The van der Waals surface area contributed by atoms with Crippen LogP contribution in [-0.4, -0.2) is 42.3 Å². The summed E-state index contributed by atoms with van der Waals surface area (Å²) in [5.41, 5.74) is -0.685. The molecule has 0 bridgehead atoms. The number of hydrogen-bond acceptors (Lipinski definition) is 7. The number of hydrogen-bond donors (Lipinski definition) is 1. The predicted octanol–water partition coefficient (Wildman–Crippen LogP) is 6.00. The molecule has 0 aromatic heterocycles. The van der Waals surface area contributed by atoms with E-state index in [-0.39, 0.29) is 18.2 Å². The molecular weight excluding hydrogens is 577 g/mol. The van der Waals surface area contributed by atoms with Gasteiger partial charge in [0.15, 0.2) is 0 Å². The van der Waals surface area contributed by atoms with Gasteiger partial charge in [-0.15, -0.1) is 0 Å². The molecule has 3 aromatic carbocycles. The van der Waals surface area contributed by atoms with E-state index >= 15 is 0 Å². The monoisotopic (exact) mass is 607 g/mol. The number of carbonyl (C=O) groups is 3. The molecule has 3 atom stereocenters. The Bertz CT molecular complexity index is 1540. The second-order valence-corrected chi connectivity index (χ2v) is 11.2. The molecule has 2 aliphatic heterocycles. The smallest absolute Gasteiger partial charge is 0.338 e. The maximum atomic E-state index is 15.0. The molecule has 0 radical (unpaired) electrons. The minimum atomic E-state index is -2.11. The van der Waals surface area contributed by atoms with Crippen LogP contribution in [0.3, 0.4) is 0 Å². The first kappa shape index (κ1) is 29.8. The van der Waals surface area contributed by atoms with Gasteiger partial charge >= 0.3 is 11.9 Å². The molecule has 1 spiro atoms. The first-order valence-corrected chi connectivity index (χ1v) is 14.5. The molecule has 1 amide bonds. The number of hydrazone groups is 1. The van der Waals surface area contributed by atoms with E-state index in [2.05, 4.69) is 5.32 Å². The second-order valence-electron chi connectivity index (χ2n) is 10.4. The van der Waals surface area contributed by atoms with E-state index in [1.165, 1.54) is 5.01 Å². The van der Waals surface area contributed by atoms with Gasteiger partial charge in [-0.25, -0.2) is 9.59 Å². The molecular formula is C32H31Cl2N3O5. The predicted molar refractivity (Wildman–Crippen MR) is 162 cm³/mol. The van der Waals surface area contributed by atoms with E-state index in [9.17, 15) is 14.4 Å². The number of anilines is 1. The summed E-state index contributed by atoms with van der Waals surface area (Å²) in [4.78, 5) is 43.3. The van der Waals surface area contributed by atoms with Gasteiger partial charge in [0.2, 0.25) is 5.54 Å². The highest BCUT2D eigenvalue weighted by Gasteiger charge is 2.76. The Morgan fingerprint density at radius 3 is 2.05 bits per heavy atom. The number of esters is 2. The van der Waals surface area contributed by atoms with Crippen molar-refractivity contribution in [1.29, 1.82) is 0 Å². The largest absolute Gasteiger partial charge is 0.464 e. The van der Waals surface area contributed by atoms with Crippen LogP contribution in [0.1, 0.15) is 49.4 Å². The van der Waals surface area contributed by atoms with Gasteiger partial charge in [0.25, 0.3) is 5.91 Å². The van der Waals surface area contributed by atoms with Crippen molar-refractivity contribution in [2.75, 3.05) is 18.2 Å². The SMILES string of the molecule is CCOC(=O)C1(C(=O)OCC)N[C@H](c2ccc(Cl)c(Cl)c2)[C@]2(C(=O)N(c3ccccc3)N=C2C)[C@@H]1c1ccc(C)cc1. The van der Waals surface area contributed by atoms with E-state index in [1.807, 2.05) is 37.3 Å². The Morgan fingerprint density at radius 1 is 0.881 bits per heavy atom. The molecule has 8 nitrogen and oxygen atoms in total. The van der Waals surface area contributed by atoms with Crippen molar-refractivity contribution < 1.29 is 23.9 Å². The number of nitrogens with one attached hydrogen (secondary N) is 1. The van der Waals surface area contributed by atoms with Crippen molar-refractivity contribution in [3.05, 3.63) is 99.5 Å². The zero-order chi connectivity index (χ0) is 30.2. The molecule has 218 valence electrons. The van der Waals surface area contributed by atoms with Gasteiger partial charge in [-0.1, -0.05) is 77.3 Å². The molecule has 1 saturated heterocycles. The third kappa shape index (κ3) is 4.49. The van der Waals surface area contributed by atoms with E-state index in [0.717, 1.165) is 5.56 Å². The fourth-order valence-electron chi connectivity index (χ4n) is 6.19. The summed E-state index contributed by atoms with van der Waals surface area (Å²) >= 11 is 12.8. The number of aryl methyl sites for hydroxylation is 1. The van der Waals surface area contributed by atoms with Gasteiger partial charge in [-0.3, -0.25) is 10.1 Å². The minimum Gasteiger partial charge on any atom is -0.464 e. The van der Waals surface area contributed by atoms with Crippen molar-refractivity contribution in [2.24, 2.45) is 10.5 Å². The van der Waals surface area contributed by atoms with Crippen LogP contribution in [0, 0.1) is 12.3 Å². The summed E-state index contributed by atoms with van der Waals surface area (Å²) in [6.07, 6.45) is 0. The van der Waals surface area contributed by atoms with E-state index < -0.39 is 40.8 Å². The molecule has 0 unspecified atom stereocenters. The van der Waals surface area contributed by atoms with Crippen molar-refractivity contribution in [3.8, 4) is 0 Å². The van der Waals surface area contributed by atoms with Crippen LogP contribution in [0.4, 0.5) is 5.69 Å². The number of para-hydroxylation sites is 1. The first-order chi connectivity index (χ1) is 20.1. The minimum absolute atomic E-state index is 0.00385. The molecule has 0 aliphatic carbocycles. The average molecular weight is 609 g/mol. The zero-order valence-corrected chi connectivity index (χ0v) is 25.2. The number of rotatable bonds is 7. The molecule has 0 saturated carbocycles.